The Morgan fingerprint density at radius 1 is 1.00 bits per heavy atom. The second-order valence-corrected chi connectivity index (χ2v) is 5.11. The van der Waals surface area contributed by atoms with Gasteiger partial charge in [0.05, 0.1) is 10.9 Å². The number of anilines is 2. The van der Waals surface area contributed by atoms with Crippen molar-refractivity contribution in [2.45, 2.75) is 0 Å². The number of rotatable bonds is 2. The smallest absolute Gasteiger partial charge is 0.290 e. The van der Waals surface area contributed by atoms with E-state index in [0.29, 0.717) is 22.2 Å². The fraction of sp³-hybridized carbons (Fsp3) is 0. The fourth-order valence-electron chi connectivity index (χ4n) is 2.52. The lowest BCUT2D eigenvalue weighted by atomic mass is 10.2. The van der Waals surface area contributed by atoms with Crippen LogP contribution in [0.15, 0.2) is 58.1 Å². The lowest BCUT2D eigenvalue weighted by molar-refractivity contribution is 0.628. The molecule has 0 amide bonds. The third-order valence-electron chi connectivity index (χ3n) is 3.63. The van der Waals surface area contributed by atoms with Crippen molar-refractivity contribution >= 4 is 27.9 Å². The summed E-state index contributed by atoms with van der Waals surface area (Å²) >= 11 is 0. The Bertz CT molecular complexity index is 1140. The van der Waals surface area contributed by atoms with Gasteiger partial charge in [-0.25, -0.2) is 4.39 Å². The molecule has 0 bridgehead atoms. The first-order valence-corrected chi connectivity index (χ1v) is 6.92. The van der Waals surface area contributed by atoms with Gasteiger partial charge in [-0.1, -0.05) is 12.1 Å². The molecule has 6 nitrogen and oxygen atoms in total. The van der Waals surface area contributed by atoms with E-state index in [9.17, 15) is 14.0 Å². The quantitative estimate of drug-likeness (QED) is 0.531. The molecular weight excluding hydrogens is 299 g/mol. The maximum absolute atomic E-state index is 13.0. The maximum Gasteiger partial charge on any atom is 0.290 e. The van der Waals surface area contributed by atoms with Crippen molar-refractivity contribution < 1.29 is 4.39 Å². The third kappa shape index (κ3) is 2.10. The van der Waals surface area contributed by atoms with E-state index in [1.54, 1.807) is 24.3 Å². The van der Waals surface area contributed by atoms with Crippen molar-refractivity contribution in [3.63, 3.8) is 0 Å². The highest BCUT2D eigenvalue weighted by Gasteiger charge is 2.13. The van der Waals surface area contributed by atoms with E-state index in [1.165, 1.54) is 24.3 Å². The second-order valence-electron chi connectivity index (χ2n) is 5.11. The molecule has 0 radical (unpaired) electrons. The monoisotopic (exact) mass is 310 g/mol. The molecule has 0 fully saturated rings. The average Bonchev–Trinajstić information content (AvgIpc) is 2.87. The Morgan fingerprint density at radius 2 is 1.74 bits per heavy atom. The standard InChI is InChI=1S/C16H11FN4O2/c17-9-5-7-10(8-6-9)18-13-14-19-12-4-2-1-3-11(12)16(23)21(14)20-15(13)22/h1-8,18-19H,(H,20,22). The average molecular weight is 310 g/mol. The largest absolute Gasteiger partial charge is 0.348 e. The van der Waals surface area contributed by atoms with Crippen LogP contribution < -0.4 is 16.4 Å². The molecule has 4 aromatic rings. The number of aromatic amines is 2. The Labute approximate surface area is 128 Å². The lowest BCUT2D eigenvalue weighted by Gasteiger charge is -2.05. The molecule has 4 rings (SSSR count). The fourth-order valence-corrected chi connectivity index (χ4v) is 2.52. The van der Waals surface area contributed by atoms with Crippen LogP contribution in [0.4, 0.5) is 15.8 Å². The molecule has 2 aromatic heterocycles. The summed E-state index contributed by atoms with van der Waals surface area (Å²) in [7, 11) is 0. The highest BCUT2D eigenvalue weighted by molar-refractivity contribution is 5.83. The number of nitrogens with zero attached hydrogens (tertiary/aromatic N) is 1. The van der Waals surface area contributed by atoms with Crippen molar-refractivity contribution in [2.75, 3.05) is 5.32 Å². The van der Waals surface area contributed by atoms with Crippen molar-refractivity contribution in [3.05, 3.63) is 75.1 Å². The van der Waals surface area contributed by atoms with Crippen LogP contribution in [0.1, 0.15) is 0 Å². The highest BCUT2D eigenvalue weighted by Crippen LogP contribution is 2.18. The number of fused-ring (bicyclic) bond motifs is 2. The van der Waals surface area contributed by atoms with E-state index in [2.05, 4.69) is 15.4 Å². The first-order valence-electron chi connectivity index (χ1n) is 6.92. The SMILES string of the molecule is O=c1[nH]n2c(=O)c3ccccc3[nH]c2c1Nc1ccc(F)cc1. The Hall–Kier alpha value is -3.35. The summed E-state index contributed by atoms with van der Waals surface area (Å²) in [5, 5.41) is 5.88. The van der Waals surface area contributed by atoms with Gasteiger partial charge in [-0.3, -0.25) is 14.7 Å². The van der Waals surface area contributed by atoms with E-state index in [1.807, 2.05) is 0 Å². The summed E-state index contributed by atoms with van der Waals surface area (Å²) in [6.45, 7) is 0. The second kappa shape index (κ2) is 4.84. The van der Waals surface area contributed by atoms with Gasteiger partial charge in [0.15, 0.2) is 5.65 Å². The zero-order valence-corrected chi connectivity index (χ0v) is 11.8. The Morgan fingerprint density at radius 3 is 2.52 bits per heavy atom. The molecule has 0 aliphatic rings. The number of para-hydroxylation sites is 1. The first-order chi connectivity index (χ1) is 11.1. The van der Waals surface area contributed by atoms with Crippen molar-refractivity contribution in [1.29, 1.82) is 0 Å². The van der Waals surface area contributed by atoms with Crippen LogP contribution in [-0.2, 0) is 0 Å². The first kappa shape index (κ1) is 13.3. The van der Waals surface area contributed by atoms with Crippen LogP contribution in [-0.4, -0.2) is 14.6 Å². The summed E-state index contributed by atoms with van der Waals surface area (Å²) in [5.41, 5.74) is 0.914. The molecule has 114 valence electrons. The minimum Gasteiger partial charge on any atom is -0.348 e. The van der Waals surface area contributed by atoms with E-state index in [-0.39, 0.29) is 17.1 Å². The van der Waals surface area contributed by atoms with Crippen molar-refractivity contribution in [1.82, 2.24) is 14.6 Å². The minimum atomic E-state index is -0.446. The predicted octanol–water partition coefficient (Wildman–Crippen LogP) is 2.35. The molecule has 0 spiro atoms. The van der Waals surface area contributed by atoms with Gasteiger partial charge in [0, 0.05) is 5.69 Å². The van der Waals surface area contributed by atoms with Gasteiger partial charge in [0.25, 0.3) is 11.1 Å². The maximum atomic E-state index is 13.0. The number of hydrogen-bond donors (Lipinski definition) is 3. The molecule has 23 heavy (non-hydrogen) atoms. The molecule has 0 aliphatic carbocycles. The normalized spacial score (nSPS) is 11.2. The number of nitrogens with one attached hydrogen (secondary N) is 3. The summed E-state index contributed by atoms with van der Waals surface area (Å²) in [6.07, 6.45) is 0. The molecule has 2 heterocycles. The molecule has 2 aromatic carbocycles. The lowest BCUT2D eigenvalue weighted by Crippen LogP contribution is -2.16. The van der Waals surface area contributed by atoms with Crippen molar-refractivity contribution in [3.8, 4) is 0 Å². The molecule has 0 saturated heterocycles. The summed E-state index contributed by atoms with van der Waals surface area (Å²) in [6, 6.07) is 12.6. The van der Waals surface area contributed by atoms with Crippen LogP contribution in [0.3, 0.4) is 0 Å². The van der Waals surface area contributed by atoms with Gasteiger partial charge >= 0.3 is 0 Å². The molecule has 0 aliphatic heterocycles. The zero-order chi connectivity index (χ0) is 16.0. The highest BCUT2D eigenvalue weighted by atomic mass is 19.1. The summed E-state index contributed by atoms with van der Waals surface area (Å²) < 4.78 is 14.1. The molecule has 0 atom stereocenters. The third-order valence-corrected chi connectivity index (χ3v) is 3.63. The van der Waals surface area contributed by atoms with E-state index in [0.717, 1.165) is 4.52 Å². The van der Waals surface area contributed by atoms with Gasteiger partial charge in [-0.2, -0.15) is 4.52 Å². The summed E-state index contributed by atoms with van der Waals surface area (Å²) in [4.78, 5) is 27.7. The summed E-state index contributed by atoms with van der Waals surface area (Å²) in [5.74, 6) is -0.370. The van der Waals surface area contributed by atoms with Gasteiger partial charge in [0.2, 0.25) is 0 Å². The van der Waals surface area contributed by atoms with Crippen LogP contribution >= 0.6 is 0 Å². The van der Waals surface area contributed by atoms with E-state index < -0.39 is 5.56 Å². The topological polar surface area (TPSA) is 82.2 Å². The number of halogens is 1. The number of aromatic nitrogens is 3. The van der Waals surface area contributed by atoms with Crippen LogP contribution in [0, 0.1) is 5.82 Å². The van der Waals surface area contributed by atoms with Gasteiger partial charge in [-0.05, 0) is 36.4 Å². The molecular formula is C16H11FN4O2. The van der Waals surface area contributed by atoms with Gasteiger partial charge < -0.3 is 10.3 Å². The van der Waals surface area contributed by atoms with Crippen LogP contribution in [0.25, 0.3) is 16.6 Å². The van der Waals surface area contributed by atoms with Crippen LogP contribution in [0.5, 0.6) is 0 Å². The van der Waals surface area contributed by atoms with E-state index in [4.69, 9.17) is 0 Å². The van der Waals surface area contributed by atoms with Gasteiger partial charge in [-0.15, -0.1) is 0 Å². The number of hydrogen-bond acceptors (Lipinski definition) is 3. The zero-order valence-electron chi connectivity index (χ0n) is 11.8. The molecule has 3 N–H and O–H groups in total. The molecule has 0 unspecified atom stereocenters. The minimum absolute atomic E-state index is 0.194. The predicted molar refractivity (Wildman–Crippen MR) is 85.8 cm³/mol. The van der Waals surface area contributed by atoms with E-state index >= 15 is 0 Å². The number of H-pyrrole nitrogens is 2. The molecule has 7 heteroatoms. The van der Waals surface area contributed by atoms with Gasteiger partial charge in [0.1, 0.15) is 11.5 Å². The Balaban J connectivity index is 1.96. The molecule has 0 saturated carbocycles. The number of benzene rings is 2. The van der Waals surface area contributed by atoms with Crippen molar-refractivity contribution in [2.24, 2.45) is 0 Å². The Kier molecular flexibility index (Phi) is 2.80. The van der Waals surface area contributed by atoms with Crippen LogP contribution in [0.2, 0.25) is 0 Å².